The third-order valence-electron chi connectivity index (χ3n) is 4.30. The van der Waals surface area contributed by atoms with Gasteiger partial charge in [-0.15, -0.1) is 0 Å². The lowest BCUT2D eigenvalue weighted by Gasteiger charge is -2.26. The third kappa shape index (κ3) is 4.08. The van der Waals surface area contributed by atoms with Gasteiger partial charge in [0, 0.05) is 24.2 Å². The first-order valence-corrected chi connectivity index (χ1v) is 7.49. The maximum Gasteiger partial charge on any atom is 0.118 e. The second-order valence-corrected chi connectivity index (χ2v) is 6.35. The first-order valence-electron chi connectivity index (χ1n) is 7.49. The molecule has 1 aromatic rings. The molecular weight excluding hydrogens is 236 g/mol. The first kappa shape index (κ1) is 14.6. The van der Waals surface area contributed by atoms with Gasteiger partial charge in [-0.05, 0) is 45.7 Å². The van der Waals surface area contributed by atoms with Crippen LogP contribution in [0.1, 0.15) is 50.7 Å². The molecule has 108 valence electrons. The minimum absolute atomic E-state index is 0.568. The van der Waals surface area contributed by atoms with Gasteiger partial charge in [0.2, 0.25) is 0 Å². The second kappa shape index (κ2) is 6.10. The molecule has 3 heteroatoms. The maximum atomic E-state index is 5.89. The summed E-state index contributed by atoms with van der Waals surface area (Å²) in [5.41, 5.74) is 1.31. The van der Waals surface area contributed by atoms with E-state index in [0.717, 1.165) is 30.7 Å². The van der Waals surface area contributed by atoms with Crippen molar-refractivity contribution in [2.75, 3.05) is 7.05 Å². The Hall–Kier alpha value is -0.800. The average Bonchev–Trinajstić information content (AvgIpc) is 3.11. The molecule has 1 aliphatic carbocycles. The molecule has 0 bridgehead atoms. The topological polar surface area (TPSA) is 28.4 Å². The lowest BCUT2D eigenvalue weighted by molar-refractivity contribution is 0.186. The molecule has 0 saturated heterocycles. The van der Waals surface area contributed by atoms with Gasteiger partial charge in [0.15, 0.2) is 0 Å². The molecule has 0 aromatic carbocycles. The molecule has 1 aliphatic rings. The van der Waals surface area contributed by atoms with Gasteiger partial charge in [-0.2, -0.15) is 0 Å². The van der Waals surface area contributed by atoms with Crippen molar-refractivity contribution >= 4 is 0 Å². The highest BCUT2D eigenvalue weighted by Gasteiger charge is 2.21. The van der Waals surface area contributed by atoms with Crippen molar-refractivity contribution < 1.29 is 4.42 Å². The van der Waals surface area contributed by atoms with E-state index in [1.165, 1.54) is 18.4 Å². The summed E-state index contributed by atoms with van der Waals surface area (Å²) < 4.78 is 5.89. The summed E-state index contributed by atoms with van der Waals surface area (Å²) in [7, 11) is 2.17. The number of rotatable bonds is 7. The molecule has 1 N–H and O–H groups in total. The lowest BCUT2D eigenvalue weighted by atomic mass is 10.1. The van der Waals surface area contributed by atoms with E-state index in [9.17, 15) is 0 Å². The molecule has 0 radical (unpaired) electrons. The standard InChI is InChI=1S/C16H28N2O/c1-11(2)12(3)18(5)10-16-8-14(13(4)19-16)9-17-15-6-7-15/h8,11-12,15,17H,6-7,9-10H2,1-5H3. The van der Waals surface area contributed by atoms with Gasteiger partial charge in [0.25, 0.3) is 0 Å². The average molecular weight is 264 g/mol. The van der Waals surface area contributed by atoms with Crippen LogP contribution in [-0.2, 0) is 13.1 Å². The smallest absolute Gasteiger partial charge is 0.118 e. The zero-order valence-electron chi connectivity index (χ0n) is 13.0. The van der Waals surface area contributed by atoms with Gasteiger partial charge in [0.1, 0.15) is 11.5 Å². The van der Waals surface area contributed by atoms with E-state index in [-0.39, 0.29) is 0 Å². The molecule has 0 amide bonds. The Morgan fingerprint density at radius 2 is 2.05 bits per heavy atom. The fourth-order valence-corrected chi connectivity index (χ4v) is 2.28. The zero-order valence-corrected chi connectivity index (χ0v) is 13.0. The summed E-state index contributed by atoms with van der Waals surface area (Å²) in [6.45, 7) is 10.7. The van der Waals surface area contributed by atoms with Crippen LogP contribution >= 0.6 is 0 Å². The molecule has 3 nitrogen and oxygen atoms in total. The summed E-state index contributed by atoms with van der Waals surface area (Å²) in [4.78, 5) is 2.36. The van der Waals surface area contributed by atoms with Gasteiger partial charge in [-0.3, -0.25) is 4.90 Å². The van der Waals surface area contributed by atoms with Crippen LogP contribution in [0.15, 0.2) is 10.5 Å². The number of hydrogen-bond donors (Lipinski definition) is 1. The van der Waals surface area contributed by atoms with Gasteiger partial charge in [0.05, 0.1) is 6.54 Å². The summed E-state index contributed by atoms with van der Waals surface area (Å²) in [6, 6.07) is 3.54. The molecule has 1 unspecified atom stereocenters. The molecule has 1 atom stereocenters. The number of nitrogens with zero attached hydrogens (tertiary/aromatic N) is 1. The van der Waals surface area contributed by atoms with E-state index in [1.807, 2.05) is 0 Å². The minimum Gasteiger partial charge on any atom is -0.465 e. The van der Waals surface area contributed by atoms with E-state index >= 15 is 0 Å². The highest BCUT2D eigenvalue weighted by molar-refractivity contribution is 5.21. The number of aryl methyl sites for hydroxylation is 1. The summed E-state index contributed by atoms with van der Waals surface area (Å²) >= 11 is 0. The van der Waals surface area contributed by atoms with Crippen LogP contribution in [0.4, 0.5) is 0 Å². The van der Waals surface area contributed by atoms with E-state index < -0.39 is 0 Å². The van der Waals surface area contributed by atoms with Crippen LogP contribution in [0.25, 0.3) is 0 Å². The SMILES string of the molecule is Cc1oc(CN(C)C(C)C(C)C)cc1CNC1CC1. The Balaban J connectivity index is 1.90. The molecule has 1 saturated carbocycles. The number of nitrogens with one attached hydrogen (secondary N) is 1. The van der Waals surface area contributed by atoms with Gasteiger partial charge < -0.3 is 9.73 Å². The van der Waals surface area contributed by atoms with Crippen LogP contribution in [-0.4, -0.2) is 24.0 Å². The van der Waals surface area contributed by atoms with E-state index in [2.05, 4.69) is 51.0 Å². The Morgan fingerprint density at radius 1 is 1.37 bits per heavy atom. The monoisotopic (exact) mass is 264 g/mol. The number of furan rings is 1. The molecule has 19 heavy (non-hydrogen) atoms. The van der Waals surface area contributed by atoms with Crippen LogP contribution in [0.5, 0.6) is 0 Å². The molecule has 1 fully saturated rings. The predicted molar refractivity (Wildman–Crippen MR) is 79.1 cm³/mol. The Bertz CT molecular complexity index is 407. The minimum atomic E-state index is 0.568. The first-order chi connectivity index (χ1) is 8.97. The van der Waals surface area contributed by atoms with Crippen molar-refractivity contribution in [1.82, 2.24) is 10.2 Å². The normalized spacial score (nSPS) is 17.4. The molecule has 0 spiro atoms. The largest absolute Gasteiger partial charge is 0.465 e. The van der Waals surface area contributed by atoms with Crippen molar-refractivity contribution in [2.45, 2.75) is 65.7 Å². The van der Waals surface area contributed by atoms with Crippen LogP contribution < -0.4 is 5.32 Å². The fraction of sp³-hybridized carbons (Fsp3) is 0.750. The van der Waals surface area contributed by atoms with Gasteiger partial charge in [-0.1, -0.05) is 13.8 Å². The van der Waals surface area contributed by atoms with Crippen LogP contribution in [0.2, 0.25) is 0 Å². The van der Waals surface area contributed by atoms with Crippen molar-refractivity contribution in [2.24, 2.45) is 5.92 Å². The van der Waals surface area contributed by atoms with E-state index in [4.69, 9.17) is 4.42 Å². The van der Waals surface area contributed by atoms with Crippen LogP contribution in [0, 0.1) is 12.8 Å². The molecular formula is C16H28N2O. The summed E-state index contributed by atoms with van der Waals surface area (Å²) in [5, 5.41) is 3.55. The molecule has 0 aliphatic heterocycles. The highest BCUT2D eigenvalue weighted by atomic mass is 16.3. The molecule has 1 aromatic heterocycles. The quantitative estimate of drug-likeness (QED) is 0.819. The van der Waals surface area contributed by atoms with Crippen molar-refractivity contribution in [3.05, 3.63) is 23.2 Å². The zero-order chi connectivity index (χ0) is 14.0. The highest BCUT2D eigenvalue weighted by Crippen LogP contribution is 2.22. The number of hydrogen-bond acceptors (Lipinski definition) is 3. The van der Waals surface area contributed by atoms with Crippen molar-refractivity contribution in [3.8, 4) is 0 Å². The lowest BCUT2D eigenvalue weighted by Crippen LogP contribution is -2.32. The van der Waals surface area contributed by atoms with E-state index in [0.29, 0.717) is 12.0 Å². The van der Waals surface area contributed by atoms with Gasteiger partial charge >= 0.3 is 0 Å². The predicted octanol–water partition coefficient (Wildman–Crippen LogP) is 3.32. The molecule has 1 heterocycles. The second-order valence-electron chi connectivity index (χ2n) is 6.35. The van der Waals surface area contributed by atoms with Gasteiger partial charge in [-0.25, -0.2) is 0 Å². The van der Waals surface area contributed by atoms with Crippen LogP contribution in [0.3, 0.4) is 0 Å². The van der Waals surface area contributed by atoms with E-state index in [1.54, 1.807) is 0 Å². The summed E-state index contributed by atoms with van der Waals surface area (Å²) in [5.74, 6) is 2.81. The van der Waals surface area contributed by atoms with Crippen molar-refractivity contribution in [1.29, 1.82) is 0 Å². The Labute approximate surface area is 117 Å². The Kier molecular flexibility index (Phi) is 4.69. The molecule has 2 rings (SSSR count). The van der Waals surface area contributed by atoms with Crippen molar-refractivity contribution in [3.63, 3.8) is 0 Å². The maximum absolute atomic E-state index is 5.89. The summed E-state index contributed by atoms with van der Waals surface area (Å²) in [6.07, 6.45) is 2.66. The third-order valence-corrected chi connectivity index (χ3v) is 4.30. The fourth-order valence-electron chi connectivity index (χ4n) is 2.28. The Morgan fingerprint density at radius 3 is 2.63 bits per heavy atom.